The molecule has 18 heavy (non-hydrogen) atoms. The summed E-state index contributed by atoms with van der Waals surface area (Å²) in [5, 5.41) is 9.62. The summed E-state index contributed by atoms with van der Waals surface area (Å²) in [4.78, 5) is 0. The maximum Gasteiger partial charge on any atom is 0.141 e. The van der Waals surface area contributed by atoms with Gasteiger partial charge in [0.05, 0.1) is 10.6 Å². The van der Waals surface area contributed by atoms with Crippen LogP contribution in [0, 0.1) is 5.82 Å². The topological polar surface area (TPSA) is 29.5 Å². The largest absolute Gasteiger partial charge is 0.457 e. The van der Waals surface area contributed by atoms with Crippen molar-refractivity contribution in [2.75, 3.05) is 0 Å². The van der Waals surface area contributed by atoms with Crippen LogP contribution < -0.4 is 4.74 Å². The Balaban J connectivity index is 2.31. The lowest BCUT2D eigenvalue weighted by molar-refractivity contribution is 0.195. The van der Waals surface area contributed by atoms with Gasteiger partial charge in [0, 0.05) is 11.6 Å². The molecule has 0 saturated carbocycles. The van der Waals surface area contributed by atoms with Gasteiger partial charge in [-0.3, -0.25) is 0 Å². The van der Waals surface area contributed by atoms with Gasteiger partial charge in [-0.05, 0) is 41.1 Å². The maximum atomic E-state index is 13.4. The smallest absolute Gasteiger partial charge is 0.141 e. The van der Waals surface area contributed by atoms with E-state index >= 15 is 0 Å². The van der Waals surface area contributed by atoms with E-state index in [0.29, 0.717) is 21.5 Å². The molecule has 0 unspecified atom stereocenters. The van der Waals surface area contributed by atoms with Crippen molar-refractivity contribution in [3.8, 4) is 11.5 Å². The number of hydrogen-bond donors (Lipinski definition) is 1. The van der Waals surface area contributed by atoms with Gasteiger partial charge in [-0.2, -0.15) is 0 Å². The van der Waals surface area contributed by atoms with E-state index in [9.17, 15) is 9.50 Å². The highest BCUT2D eigenvalue weighted by molar-refractivity contribution is 9.10. The summed E-state index contributed by atoms with van der Waals surface area (Å²) in [6, 6.07) is 11.7. The Hall–Kier alpha value is -1.39. The van der Waals surface area contributed by atoms with Crippen molar-refractivity contribution >= 4 is 15.9 Å². The Kier molecular flexibility index (Phi) is 3.99. The number of ether oxygens (including phenoxy) is 1. The molecule has 0 heterocycles. The number of rotatable bonds is 3. The Morgan fingerprint density at radius 3 is 2.61 bits per heavy atom. The predicted molar refractivity (Wildman–Crippen MR) is 71.2 cm³/mol. The van der Waals surface area contributed by atoms with E-state index in [1.807, 2.05) is 6.07 Å². The standard InChI is InChI=1S/C14H12BrFO2/c1-9(17)11-4-2-3-5-14(11)18-10-6-7-12(15)13(16)8-10/h2-9,17H,1H3/t9-/m1/s1. The summed E-state index contributed by atoms with van der Waals surface area (Å²) in [6.45, 7) is 1.66. The Labute approximate surface area is 113 Å². The van der Waals surface area contributed by atoms with Crippen LogP contribution in [0.2, 0.25) is 0 Å². The van der Waals surface area contributed by atoms with E-state index in [-0.39, 0.29) is 5.82 Å². The number of aliphatic hydroxyl groups is 1. The van der Waals surface area contributed by atoms with E-state index in [1.165, 1.54) is 6.07 Å². The van der Waals surface area contributed by atoms with Gasteiger partial charge in [-0.15, -0.1) is 0 Å². The average Bonchev–Trinajstić information content (AvgIpc) is 2.34. The minimum absolute atomic E-state index is 0.387. The lowest BCUT2D eigenvalue weighted by atomic mass is 10.1. The van der Waals surface area contributed by atoms with Crippen LogP contribution in [0.5, 0.6) is 11.5 Å². The molecule has 94 valence electrons. The van der Waals surface area contributed by atoms with Crippen molar-refractivity contribution in [3.63, 3.8) is 0 Å². The van der Waals surface area contributed by atoms with Crippen LogP contribution in [0.3, 0.4) is 0 Å². The maximum absolute atomic E-state index is 13.4. The number of benzene rings is 2. The molecule has 1 atom stereocenters. The second-order valence-corrected chi connectivity index (χ2v) is 4.75. The number of aliphatic hydroxyl groups excluding tert-OH is 1. The molecule has 0 amide bonds. The zero-order valence-electron chi connectivity index (χ0n) is 9.73. The van der Waals surface area contributed by atoms with Crippen LogP contribution in [-0.4, -0.2) is 5.11 Å². The van der Waals surface area contributed by atoms with Gasteiger partial charge >= 0.3 is 0 Å². The predicted octanol–water partition coefficient (Wildman–Crippen LogP) is 4.43. The van der Waals surface area contributed by atoms with Crippen molar-refractivity contribution in [3.05, 3.63) is 58.3 Å². The first-order valence-electron chi connectivity index (χ1n) is 5.48. The van der Waals surface area contributed by atoms with Gasteiger partial charge in [0.1, 0.15) is 17.3 Å². The van der Waals surface area contributed by atoms with Crippen molar-refractivity contribution in [1.29, 1.82) is 0 Å². The first-order chi connectivity index (χ1) is 8.58. The van der Waals surface area contributed by atoms with Crippen LogP contribution in [0.15, 0.2) is 46.9 Å². The van der Waals surface area contributed by atoms with Gasteiger partial charge in [0.2, 0.25) is 0 Å². The number of hydrogen-bond acceptors (Lipinski definition) is 2. The summed E-state index contributed by atoms with van der Waals surface area (Å²) in [5.74, 6) is 0.528. The zero-order valence-corrected chi connectivity index (χ0v) is 11.3. The normalized spacial score (nSPS) is 12.2. The lowest BCUT2D eigenvalue weighted by Crippen LogP contribution is -1.96. The second-order valence-electron chi connectivity index (χ2n) is 3.89. The molecule has 0 saturated heterocycles. The fraction of sp³-hybridized carbons (Fsp3) is 0.143. The summed E-state index contributed by atoms with van der Waals surface area (Å²) < 4.78 is 19.3. The molecule has 1 N–H and O–H groups in total. The van der Waals surface area contributed by atoms with Gasteiger partial charge in [-0.1, -0.05) is 18.2 Å². The molecule has 4 heteroatoms. The number of halogens is 2. The van der Waals surface area contributed by atoms with Gasteiger partial charge in [0.15, 0.2) is 0 Å². The molecule has 2 rings (SSSR count). The molecule has 0 fully saturated rings. The SMILES string of the molecule is C[C@@H](O)c1ccccc1Oc1ccc(Br)c(F)c1. The third-order valence-electron chi connectivity index (χ3n) is 2.49. The molecule has 0 radical (unpaired) electrons. The minimum Gasteiger partial charge on any atom is -0.457 e. The van der Waals surface area contributed by atoms with Crippen LogP contribution in [-0.2, 0) is 0 Å². The van der Waals surface area contributed by atoms with Crippen LogP contribution in [0.25, 0.3) is 0 Å². The van der Waals surface area contributed by atoms with Crippen molar-refractivity contribution in [2.45, 2.75) is 13.0 Å². The molecule has 2 nitrogen and oxygen atoms in total. The van der Waals surface area contributed by atoms with Crippen molar-refractivity contribution in [2.24, 2.45) is 0 Å². The molecular formula is C14H12BrFO2. The molecule has 0 aromatic heterocycles. The van der Waals surface area contributed by atoms with Crippen LogP contribution >= 0.6 is 15.9 Å². The summed E-state index contributed by atoms with van der Waals surface area (Å²) in [5.41, 5.74) is 0.667. The molecule has 0 aliphatic carbocycles. The van der Waals surface area contributed by atoms with Gasteiger partial charge in [-0.25, -0.2) is 4.39 Å². The molecule has 0 aliphatic rings. The summed E-state index contributed by atoms with van der Waals surface area (Å²) >= 11 is 3.08. The van der Waals surface area contributed by atoms with E-state index < -0.39 is 6.10 Å². The van der Waals surface area contributed by atoms with Crippen molar-refractivity contribution < 1.29 is 14.2 Å². The first kappa shape index (κ1) is 13.1. The highest BCUT2D eigenvalue weighted by atomic mass is 79.9. The third kappa shape index (κ3) is 2.89. The van der Waals surface area contributed by atoms with E-state index in [1.54, 1.807) is 37.3 Å². The van der Waals surface area contributed by atoms with Crippen LogP contribution in [0.1, 0.15) is 18.6 Å². The van der Waals surface area contributed by atoms with Gasteiger partial charge in [0.25, 0.3) is 0 Å². The molecule has 2 aromatic rings. The Morgan fingerprint density at radius 2 is 1.94 bits per heavy atom. The van der Waals surface area contributed by atoms with Gasteiger partial charge < -0.3 is 9.84 Å². The highest BCUT2D eigenvalue weighted by Crippen LogP contribution is 2.30. The average molecular weight is 311 g/mol. The van der Waals surface area contributed by atoms with Crippen LogP contribution in [0.4, 0.5) is 4.39 Å². The fourth-order valence-electron chi connectivity index (χ4n) is 1.59. The zero-order chi connectivity index (χ0) is 13.1. The third-order valence-corrected chi connectivity index (χ3v) is 3.13. The second kappa shape index (κ2) is 5.50. The minimum atomic E-state index is -0.638. The number of para-hydroxylation sites is 1. The lowest BCUT2D eigenvalue weighted by Gasteiger charge is -2.13. The van der Waals surface area contributed by atoms with Crippen molar-refractivity contribution in [1.82, 2.24) is 0 Å². The Bertz CT molecular complexity index is 555. The van der Waals surface area contributed by atoms with E-state index in [2.05, 4.69) is 15.9 Å². The molecular weight excluding hydrogens is 299 g/mol. The summed E-state index contributed by atoms with van der Waals surface area (Å²) in [7, 11) is 0. The first-order valence-corrected chi connectivity index (χ1v) is 6.27. The molecule has 0 bridgehead atoms. The summed E-state index contributed by atoms with van der Waals surface area (Å²) in [6.07, 6.45) is -0.638. The highest BCUT2D eigenvalue weighted by Gasteiger charge is 2.10. The molecule has 0 aliphatic heterocycles. The molecule has 2 aromatic carbocycles. The quantitative estimate of drug-likeness (QED) is 0.908. The van der Waals surface area contributed by atoms with E-state index in [0.717, 1.165) is 0 Å². The molecule has 0 spiro atoms. The monoisotopic (exact) mass is 310 g/mol. The fourth-order valence-corrected chi connectivity index (χ4v) is 1.83. The van der Waals surface area contributed by atoms with E-state index in [4.69, 9.17) is 4.74 Å². The Morgan fingerprint density at radius 1 is 1.22 bits per heavy atom.